The van der Waals surface area contributed by atoms with Crippen molar-refractivity contribution in [1.82, 2.24) is 10.6 Å². The van der Waals surface area contributed by atoms with Crippen molar-refractivity contribution >= 4 is 41.0 Å². The zero-order chi connectivity index (χ0) is 18.9. The topological polar surface area (TPSA) is 84.5 Å². The monoisotopic (exact) mass is 400 g/mol. The molecular formula is C18H22Cl2N2O4. The molecule has 2 rings (SSSR count). The van der Waals surface area contributed by atoms with Crippen LogP contribution in [-0.4, -0.2) is 37.0 Å². The van der Waals surface area contributed by atoms with E-state index >= 15 is 0 Å². The van der Waals surface area contributed by atoms with Crippen molar-refractivity contribution in [2.24, 2.45) is 0 Å². The predicted molar refractivity (Wildman–Crippen MR) is 99.4 cm³/mol. The molecule has 1 aromatic rings. The number of hydrogen-bond donors (Lipinski definition) is 2. The molecule has 0 heterocycles. The Hall–Kier alpha value is -1.79. The molecule has 2 amide bonds. The van der Waals surface area contributed by atoms with Gasteiger partial charge in [0.25, 0.3) is 11.8 Å². The fourth-order valence-corrected chi connectivity index (χ4v) is 3.31. The first-order valence-corrected chi connectivity index (χ1v) is 9.39. The van der Waals surface area contributed by atoms with Crippen LogP contribution in [0.25, 0.3) is 0 Å². The third kappa shape index (κ3) is 6.84. The van der Waals surface area contributed by atoms with Crippen LogP contribution in [0.4, 0.5) is 0 Å². The summed E-state index contributed by atoms with van der Waals surface area (Å²) in [4.78, 5) is 35.5. The zero-order valence-corrected chi connectivity index (χ0v) is 15.9. The average Bonchev–Trinajstić information content (AvgIpc) is 2.86. The Kier molecular flexibility index (Phi) is 8.19. The van der Waals surface area contributed by atoms with Gasteiger partial charge in [0.1, 0.15) is 6.54 Å². The molecule has 1 aliphatic rings. The first-order valence-electron chi connectivity index (χ1n) is 8.64. The second-order valence-corrected chi connectivity index (χ2v) is 7.07. The Labute approximate surface area is 162 Å². The SMILES string of the molecule is O=C(COC(=O)CNC(=O)c1ccc(Cl)cc1Cl)NC1CCCCCC1. The predicted octanol–water partition coefficient (Wildman–Crippen LogP) is 3.11. The minimum atomic E-state index is -0.695. The lowest BCUT2D eigenvalue weighted by Gasteiger charge is -2.16. The van der Waals surface area contributed by atoms with Crippen molar-refractivity contribution in [2.75, 3.05) is 13.2 Å². The Morgan fingerprint density at radius 1 is 1.08 bits per heavy atom. The molecule has 26 heavy (non-hydrogen) atoms. The van der Waals surface area contributed by atoms with Crippen LogP contribution in [0.5, 0.6) is 0 Å². The van der Waals surface area contributed by atoms with E-state index in [2.05, 4.69) is 10.6 Å². The lowest BCUT2D eigenvalue weighted by Crippen LogP contribution is -2.38. The highest BCUT2D eigenvalue weighted by atomic mass is 35.5. The van der Waals surface area contributed by atoms with E-state index in [4.69, 9.17) is 27.9 Å². The summed E-state index contributed by atoms with van der Waals surface area (Å²) in [5.41, 5.74) is 0.204. The first-order chi connectivity index (χ1) is 12.5. The van der Waals surface area contributed by atoms with Gasteiger partial charge in [0.15, 0.2) is 6.61 Å². The van der Waals surface area contributed by atoms with Crippen molar-refractivity contribution in [3.8, 4) is 0 Å². The minimum Gasteiger partial charge on any atom is -0.454 e. The van der Waals surface area contributed by atoms with Crippen LogP contribution < -0.4 is 10.6 Å². The maximum absolute atomic E-state index is 12.0. The van der Waals surface area contributed by atoms with Crippen molar-refractivity contribution in [3.05, 3.63) is 33.8 Å². The van der Waals surface area contributed by atoms with E-state index in [1.165, 1.54) is 31.0 Å². The van der Waals surface area contributed by atoms with E-state index in [1.807, 2.05) is 0 Å². The van der Waals surface area contributed by atoms with Gasteiger partial charge in [-0.2, -0.15) is 0 Å². The molecular weight excluding hydrogens is 379 g/mol. The second kappa shape index (κ2) is 10.4. The molecule has 0 atom stereocenters. The summed E-state index contributed by atoms with van der Waals surface area (Å²) < 4.78 is 4.89. The summed E-state index contributed by atoms with van der Waals surface area (Å²) in [5.74, 6) is -1.54. The maximum Gasteiger partial charge on any atom is 0.325 e. The fraction of sp³-hybridized carbons (Fsp3) is 0.500. The van der Waals surface area contributed by atoms with E-state index in [9.17, 15) is 14.4 Å². The highest BCUT2D eigenvalue weighted by Gasteiger charge is 2.16. The molecule has 1 aliphatic carbocycles. The maximum atomic E-state index is 12.0. The molecule has 1 aromatic carbocycles. The number of amides is 2. The van der Waals surface area contributed by atoms with Gasteiger partial charge in [-0.1, -0.05) is 48.9 Å². The molecule has 0 spiro atoms. The van der Waals surface area contributed by atoms with Crippen LogP contribution in [0.2, 0.25) is 10.0 Å². The van der Waals surface area contributed by atoms with Gasteiger partial charge in [-0.15, -0.1) is 0 Å². The molecule has 6 nitrogen and oxygen atoms in total. The summed E-state index contributed by atoms with van der Waals surface area (Å²) in [6, 6.07) is 4.58. The second-order valence-electron chi connectivity index (χ2n) is 6.22. The molecule has 1 saturated carbocycles. The lowest BCUT2D eigenvalue weighted by molar-refractivity contribution is -0.147. The van der Waals surface area contributed by atoms with Gasteiger partial charge in [0, 0.05) is 11.1 Å². The number of hydrogen-bond acceptors (Lipinski definition) is 4. The highest BCUT2D eigenvalue weighted by Crippen LogP contribution is 2.20. The molecule has 1 fully saturated rings. The van der Waals surface area contributed by atoms with Gasteiger partial charge in [-0.25, -0.2) is 0 Å². The molecule has 0 saturated heterocycles. The number of rotatable bonds is 6. The normalized spacial score (nSPS) is 15.0. The van der Waals surface area contributed by atoms with Crippen molar-refractivity contribution < 1.29 is 19.1 Å². The van der Waals surface area contributed by atoms with Crippen LogP contribution in [0.15, 0.2) is 18.2 Å². The molecule has 0 aliphatic heterocycles. The summed E-state index contributed by atoms with van der Waals surface area (Å²) in [6.45, 7) is -0.707. The van der Waals surface area contributed by atoms with E-state index in [0.29, 0.717) is 5.02 Å². The number of ether oxygens (including phenoxy) is 1. The summed E-state index contributed by atoms with van der Waals surface area (Å²) in [5, 5.41) is 5.88. The Morgan fingerprint density at radius 3 is 2.42 bits per heavy atom. The molecule has 0 aromatic heterocycles. The van der Waals surface area contributed by atoms with Crippen molar-refractivity contribution in [2.45, 2.75) is 44.6 Å². The third-order valence-electron chi connectivity index (χ3n) is 4.15. The Balaban J connectivity index is 1.69. The van der Waals surface area contributed by atoms with Crippen molar-refractivity contribution in [1.29, 1.82) is 0 Å². The smallest absolute Gasteiger partial charge is 0.325 e. The van der Waals surface area contributed by atoms with E-state index < -0.39 is 11.9 Å². The summed E-state index contributed by atoms with van der Waals surface area (Å²) >= 11 is 11.7. The first kappa shape index (κ1) is 20.5. The number of nitrogens with one attached hydrogen (secondary N) is 2. The Morgan fingerprint density at radius 2 is 1.77 bits per heavy atom. The number of carbonyl (C=O) groups excluding carboxylic acids is 3. The van der Waals surface area contributed by atoms with Gasteiger partial charge in [-0.05, 0) is 31.0 Å². The molecule has 0 bridgehead atoms. The quantitative estimate of drug-likeness (QED) is 0.567. The molecule has 142 valence electrons. The summed E-state index contributed by atoms with van der Waals surface area (Å²) in [7, 11) is 0. The number of carbonyl (C=O) groups is 3. The van der Waals surface area contributed by atoms with Gasteiger partial charge < -0.3 is 15.4 Å². The largest absolute Gasteiger partial charge is 0.454 e. The lowest BCUT2D eigenvalue weighted by atomic mass is 10.1. The number of esters is 1. The molecule has 0 unspecified atom stereocenters. The minimum absolute atomic E-state index is 0.149. The van der Waals surface area contributed by atoms with Gasteiger partial charge in [-0.3, -0.25) is 14.4 Å². The van der Waals surface area contributed by atoms with E-state index in [-0.39, 0.29) is 35.7 Å². The van der Waals surface area contributed by atoms with Crippen LogP contribution >= 0.6 is 23.2 Å². The molecule has 8 heteroatoms. The van der Waals surface area contributed by atoms with Crippen LogP contribution in [0, 0.1) is 0 Å². The molecule has 2 N–H and O–H groups in total. The van der Waals surface area contributed by atoms with Crippen LogP contribution in [0.1, 0.15) is 48.9 Å². The number of benzene rings is 1. The highest BCUT2D eigenvalue weighted by molar-refractivity contribution is 6.36. The average molecular weight is 401 g/mol. The summed E-state index contributed by atoms with van der Waals surface area (Å²) in [6.07, 6.45) is 6.50. The standard InChI is InChI=1S/C18H22Cl2N2O4/c19-12-7-8-14(15(20)9-12)18(25)21-10-17(24)26-11-16(23)22-13-5-3-1-2-4-6-13/h7-9,13H,1-6,10-11H2,(H,21,25)(H,22,23). The van der Waals surface area contributed by atoms with Crippen LogP contribution in [-0.2, 0) is 14.3 Å². The third-order valence-corrected chi connectivity index (χ3v) is 4.70. The molecule has 0 radical (unpaired) electrons. The Bertz CT molecular complexity index is 659. The van der Waals surface area contributed by atoms with E-state index in [0.717, 1.165) is 25.7 Å². The van der Waals surface area contributed by atoms with Gasteiger partial charge >= 0.3 is 5.97 Å². The fourth-order valence-electron chi connectivity index (χ4n) is 2.81. The van der Waals surface area contributed by atoms with Gasteiger partial charge in [0.05, 0.1) is 10.6 Å². The van der Waals surface area contributed by atoms with Crippen molar-refractivity contribution in [3.63, 3.8) is 0 Å². The van der Waals surface area contributed by atoms with Gasteiger partial charge in [0.2, 0.25) is 0 Å². The van der Waals surface area contributed by atoms with E-state index in [1.54, 1.807) is 0 Å². The van der Waals surface area contributed by atoms with Crippen LogP contribution in [0.3, 0.4) is 0 Å². The zero-order valence-electron chi connectivity index (χ0n) is 14.4. The number of halogens is 2.